The Kier molecular flexibility index (Phi) is 1.77. The van der Waals surface area contributed by atoms with Gasteiger partial charge in [-0.2, -0.15) is 4.98 Å². The number of anilines is 1. The number of rotatable bonds is 1. The Morgan fingerprint density at radius 3 is 2.93 bits per heavy atom. The normalized spacial score (nSPS) is 10.4. The van der Waals surface area contributed by atoms with Crippen molar-refractivity contribution in [3.8, 4) is 5.69 Å². The van der Waals surface area contributed by atoms with E-state index in [2.05, 4.69) is 15.3 Å². The first-order valence-corrected chi connectivity index (χ1v) is 3.88. The third-order valence-corrected chi connectivity index (χ3v) is 1.77. The fraction of sp³-hybridized carbons (Fsp3) is 0.143. The molecular formula is C7H8N6O. The number of nitrogen functional groups attached to an aromatic ring is 1. The van der Waals surface area contributed by atoms with Gasteiger partial charge in [-0.1, -0.05) is 5.21 Å². The summed E-state index contributed by atoms with van der Waals surface area (Å²) in [6.07, 6.45) is 4.70. The number of nitrogens with zero attached hydrogens (tertiary/aromatic N) is 5. The molecule has 2 aromatic rings. The number of hydrogen-bond donors (Lipinski definition) is 1. The summed E-state index contributed by atoms with van der Waals surface area (Å²) in [5, 5.41) is 7.38. The zero-order chi connectivity index (χ0) is 10.1. The molecule has 2 aromatic heterocycles. The van der Waals surface area contributed by atoms with Crippen LogP contribution in [0.2, 0.25) is 0 Å². The van der Waals surface area contributed by atoms with E-state index in [-0.39, 0.29) is 5.82 Å². The van der Waals surface area contributed by atoms with E-state index in [4.69, 9.17) is 5.73 Å². The van der Waals surface area contributed by atoms with E-state index in [0.29, 0.717) is 5.69 Å². The molecule has 14 heavy (non-hydrogen) atoms. The quantitative estimate of drug-likeness (QED) is 0.622. The van der Waals surface area contributed by atoms with E-state index < -0.39 is 5.69 Å². The summed E-state index contributed by atoms with van der Waals surface area (Å²) < 4.78 is 2.77. The minimum absolute atomic E-state index is 0.138. The van der Waals surface area contributed by atoms with Crippen LogP contribution >= 0.6 is 0 Å². The van der Waals surface area contributed by atoms with Crippen LogP contribution < -0.4 is 11.4 Å². The van der Waals surface area contributed by atoms with Crippen LogP contribution in [0.25, 0.3) is 5.69 Å². The zero-order valence-electron chi connectivity index (χ0n) is 7.45. The van der Waals surface area contributed by atoms with Gasteiger partial charge in [0.2, 0.25) is 0 Å². The van der Waals surface area contributed by atoms with Crippen LogP contribution in [0, 0.1) is 0 Å². The van der Waals surface area contributed by atoms with E-state index in [0.717, 1.165) is 0 Å². The highest BCUT2D eigenvalue weighted by atomic mass is 16.1. The van der Waals surface area contributed by atoms with Crippen molar-refractivity contribution >= 4 is 5.82 Å². The van der Waals surface area contributed by atoms with Crippen LogP contribution in [-0.2, 0) is 7.05 Å². The topological polar surface area (TPSA) is 91.6 Å². The second kappa shape index (κ2) is 2.95. The first-order valence-electron chi connectivity index (χ1n) is 3.88. The van der Waals surface area contributed by atoms with Gasteiger partial charge in [-0.05, 0) is 0 Å². The molecule has 0 radical (unpaired) electrons. The summed E-state index contributed by atoms with van der Waals surface area (Å²) in [6, 6.07) is 0. The predicted molar refractivity (Wildman–Crippen MR) is 48.8 cm³/mol. The largest absolute Gasteiger partial charge is 0.382 e. The second-order valence-corrected chi connectivity index (χ2v) is 2.75. The minimum Gasteiger partial charge on any atom is -0.382 e. The van der Waals surface area contributed by atoms with Crippen molar-refractivity contribution in [1.29, 1.82) is 0 Å². The Morgan fingerprint density at radius 1 is 1.50 bits per heavy atom. The Morgan fingerprint density at radius 2 is 2.29 bits per heavy atom. The van der Waals surface area contributed by atoms with Crippen molar-refractivity contribution in [2.75, 3.05) is 5.73 Å². The molecule has 7 heteroatoms. The lowest BCUT2D eigenvalue weighted by Gasteiger charge is -2.04. The lowest BCUT2D eigenvalue weighted by Crippen LogP contribution is -2.22. The van der Waals surface area contributed by atoms with Gasteiger partial charge in [0.15, 0.2) is 5.82 Å². The van der Waals surface area contributed by atoms with Crippen LogP contribution in [0.1, 0.15) is 0 Å². The summed E-state index contributed by atoms with van der Waals surface area (Å²) >= 11 is 0. The van der Waals surface area contributed by atoms with Crippen LogP contribution in [0.15, 0.2) is 23.4 Å². The van der Waals surface area contributed by atoms with Gasteiger partial charge < -0.3 is 5.73 Å². The van der Waals surface area contributed by atoms with Gasteiger partial charge in [-0.15, -0.1) is 5.10 Å². The number of nitrogens with two attached hydrogens (primary N) is 1. The molecule has 2 heterocycles. The molecule has 2 N–H and O–H groups in total. The Hall–Kier alpha value is -2.18. The van der Waals surface area contributed by atoms with Crippen molar-refractivity contribution < 1.29 is 0 Å². The summed E-state index contributed by atoms with van der Waals surface area (Å²) in [6.45, 7) is 0. The van der Waals surface area contributed by atoms with Gasteiger partial charge in [0.05, 0.1) is 12.4 Å². The molecule has 0 atom stereocenters. The van der Waals surface area contributed by atoms with Crippen LogP contribution in [-0.4, -0.2) is 24.5 Å². The maximum Gasteiger partial charge on any atom is 0.349 e. The first kappa shape index (κ1) is 8.42. The van der Waals surface area contributed by atoms with E-state index in [1.807, 2.05) is 0 Å². The van der Waals surface area contributed by atoms with Gasteiger partial charge >= 0.3 is 5.69 Å². The van der Waals surface area contributed by atoms with E-state index in [1.165, 1.54) is 15.4 Å². The number of aryl methyl sites for hydroxylation is 1. The van der Waals surface area contributed by atoms with Gasteiger partial charge in [-0.25, -0.2) is 9.48 Å². The molecule has 0 aliphatic carbocycles. The third-order valence-electron chi connectivity index (χ3n) is 1.77. The smallest absolute Gasteiger partial charge is 0.349 e. The van der Waals surface area contributed by atoms with E-state index in [9.17, 15) is 4.79 Å². The highest BCUT2D eigenvalue weighted by molar-refractivity contribution is 5.49. The van der Waals surface area contributed by atoms with Crippen LogP contribution in [0.4, 0.5) is 5.82 Å². The maximum absolute atomic E-state index is 11.1. The highest BCUT2D eigenvalue weighted by Crippen LogP contribution is 2.08. The standard InChI is InChI=1S/C7H8N6O/c1-12-4-5(6(8)10-7(12)14)13-3-2-9-11-13/h2-4H,1H3,(H2,8,10,14). The lowest BCUT2D eigenvalue weighted by molar-refractivity contribution is 0.754. The minimum atomic E-state index is -0.397. The summed E-state index contributed by atoms with van der Waals surface area (Å²) in [7, 11) is 1.59. The average molecular weight is 192 g/mol. The van der Waals surface area contributed by atoms with Gasteiger partial charge in [0.25, 0.3) is 0 Å². The first-order chi connectivity index (χ1) is 6.68. The van der Waals surface area contributed by atoms with Crippen LogP contribution in [0.3, 0.4) is 0 Å². The summed E-state index contributed by atoms with van der Waals surface area (Å²) in [5.74, 6) is 0.138. The third kappa shape index (κ3) is 1.24. The van der Waals surface area contributed by atoms with Crippen molar-refractivity contribution in [2.24, 2.45) is 7.05 Å². The molecule has 0 saturated heterocycles. The second-order valence-electron chi connectivity index (χ2n) is 2.75. The fourth-order valence-corrected chi connectivity index (χ4v) is 1.06. The zero-order valence-corrected chi connectivity index (χ0v) is 7.45. The molecule has 72 valence electrons. The molecule has 7 nitrogen and oxygen atoms in total. The molecule has 0 saturated carbocycles. The molecule has 0 amide bonds. The Balaban J connectivity index is 2.66. The average Bonchev–Trinajstić information content (AvgIpc) is 2.64. The van der Waals surface area contributed by atoms with Crippen molar-refractivity contribution in [2.45, 2.75) is 0 Å². The monoisotopic (exact) mass is 192 g/mol. The van der Waals surface area contributed by atoms with E-state index in [1.54, 1.807) is 19.4 Å². The van der Waals surface area contributed by atoms with Gasteiger partial charge in [0, 0.05) is 13.2 Å². The molecule has 2 rings (SSSR count). The molecule has 0 unspecified atom stereocenters. The molecule has 0 aliphatic heterocycles. The van der Waals surface area contributed by atoms with Crippen molar-refractivity contribution in [1.82, 2.24) is 24.5 Å². The SMILES string of the molecule is Cn1cc(-n2ccnn2)c(N)nc1=O. The van der Waals surface area contributed by atoms with Crippen molar-refractivity contribution in [3.63, 3.8) is 0 Å². The molecule has 0 spiro atoms. The van der Waals surface area contributed by atoms with Crippen LogP contribution in [0.5, 0.6) is 0 Å². The summed E-state index contributed by atoms with van der Waals surface area (Å²) in [4.78, 5) is 14.7. The lowest BCUT2D eigenvalue weighted by atomic mass is 10.5. The molecular weight excluding hydrogens is 184 g/mol. The fourth-order valence-electron chi connectivity index (χ4n) is 1.06. The molecule has 0 bridgehead atoms. The van der Waals surface area contributed by atoms with Gasteiger partial charge in [-0.3, -0.25) is 4.57 Å². The molecule has 0 aromatic carbocycles. The molecule has 0 aliphatic rings. The Bertz CT molecular complexity index is 499. The van der Waals surface area contributed by atoms with Crippen molar-refractivity contribution in [3.05, 3.63) is 29.1 Å². The molecule has 0 fully saturated rings. The maximum atomic E-state index is 11.1. The number of aromatic nitrogens is 5. The summed E-state index contributed by atoms with van der Waals surface area (Å²) in [5.41, 5.74) is 5.70. The van der Waals surface area contributed by atoms with E-state index >= 15 is 0 Å². The highest BCUT2D eigenvalue weighted by Gasteiger charge is 2.05. The Labute approximate surface area is 78.8 Å². The van der Waals surface area contributed by atoms with Gasteiger partial charge in [0.1, 0.15) is 5.69 Å². The number of hydrogen-bond acceptors (Lipinski definition) is 5. The predicted octanol–water partition coefficient (Wildman–Crippen LogP) is -1.06.